The molecule has 0 unspecified atom stereocenters. The zero-order valence-corrected chi connectivity index (χ0v) is 14.0. The number of hydrogen-bond acceptors (Lipinski definition) is 3. The van der Waals surface area contributed by atoms with Crippen molar-refractivity contribution in [3.8, 4) is 11.3 Å². The Morgan fingerprint density at radius 1 is 1.16 bits per heavy atom. The van der Waals surface area contributed by atoms with Crippen molar-refractivity contribution in [2.45, 2.75) is 32.4 Å². The van der Waals surface area contributed by atoms with Gasteiger partial charge < -0.3 is 9.88 Å². The van der Waals surface area contributed by atoms with Crippen LogP contribution in [-0.4, -0.2) is 20.4 Å². The Kier molecular flexibility index (Phi) is 4.29. The van der Waals surface area contributed by atoms with Crippen molar-refractivity contribution in [2.24, 2.45) is 0 Å². The summed E-state index contributed by atoms with van der Waals surface area (Å²) in [6.07, 6.45) is 8.15. The van der Waals surface area contributed by atoms with Crippen LogP contribution in [0.4, 0.5) is 0 Å². The van der Waals surface area contributed by atoms with Crippen LogP contribution in [0.15, 0.2) is 55.0 Å². The number of imidazole rings is 1. The lowest BCUT2D eigenvalue weighted by molar-refractivity contribution is -0.120. The summed E-state index contributed by atoms with van der Waals surface area (Å²) in [6, 6.07) is 11.9. The molecule has 0 saturated heterocycles. The van der Waals surface area contributed by atoms with Crippen LogP contribution in [0.3, 0.4) is 0 Å². The molecule has 3 heterocycles. The fraction of sp³-hybridized carbons (Fsp3) is 0.250. The number of nitrogens with one attached hydrogen (secondary N) is 1. The Balaban J connectivity index is 1.40. The van der Waals surface area contributed by atoms with Gasteiger partial charge in [-0.2, -0.15) is 0 Å². The van der Waals surface area contributed by atoms with Crippen LogP contribution in [0.1, 0.15) is 23.4 Å². The number of nitrogens with zero attached hydrogens (tertiary/aromatic N) is 3. The van der Waals surface area contributed by atoms with Gasteiger partial charge in [-0.3, -0.25) is 9.78 Å². The maximum Gasteiger partial charge on any atom is 0.224 e. The molecule has 5 nitrogen and oxygen atoms in total. The van der Waals surface area contributed by atoms with Crippen LogP contribution >= 0.6 is 0 Å². The minimum atomic E-state index is 0.0116. The molecule has 126 valence electrons. The average molecular weight is 332 g/mol. The summed E-state index contributed by atoms with van der Waals surface area (Å²) < 4.78 is 2.23. The number of pyridine rings is 1. The molecule has 0 fully saturated rings. The number of benzene rings is 1. The molecule has 25 heavy (non-hydrogen) atoms. The maximum absolute atomic E-state index is 12.1. The van der Waals surface area contributed by atoms with Gasteiger partial charge in [0.15, 0.2) is 0 Å². The first-order valence-electron chi connectivity index (χ1n) is 8.59. The molecule has 3 aromatic rings. The first-order chi connectivity index (χ1) is 12.3. The van der Waals surface area contributed by atoms with E-state index in [1.807, 2.05) is 24.3 Å². The summed E-state index contributed by atoms with van der Waals surface area (Å²) in [5, 5.41) is 2.98. The molecule has 1 amide bonds. The highest BCUT2D eigenvalue weighted by Gasteiger charge is 2.14. The molecule has 0 saturated carbocycles. The lowest BCUT2D eigenvalue weighted by atomic mass is 10.1. The average Bonchev–Trinajstić information content (AvgIpc) is 3.23. The van der Waals surface area contributed by atoms with Crippen LogP contribution in [0.5, 0.6) is 0 Å². The third-order valence-electron chi connectivity index (χ3n) is 4.49. The minimum Gasteiger partial charge on any atom is -0.352 e. The van der Waals surface area contributed by atoms with Crippen LogP contribution in [-0.2, 0) is 30.7 Å². The maximum atomic E-state index is 12.1. The summed E-state index contributed by atoms with van der Waals surface area (Å²) in [6.45, 7) is 1.58. The predicted molar refractivity (Wildman–Crippen MR) is 95.8 cm³/mol. The van der Waals surface area contributed by atoms with Crippen molar-refractivity contribution in [3.63, 3.8) is 0 Å². The van der Waals surface area contributed by atoms with E-state index in [2.05, 4.69) is 33.2 Å². The van der Waals surface area contributed by atoms with E-state index in [1.165, 1.54) is 12.2 Å². The van der Waals surface area contributed by atoms with Gasteiger partial charge in [-0.05, 0) is 35.7 Å². The largest absolute Gasteiger partial charge is 0.352 e. The molecule has 5 heteroatoms. The quantitative estimate of drug-likeness (QED) is 0.781. The van der Waals surface area contributed by atoms with Gasteiger partial charge in [-0.1, -0.05) is 18.2 Å². The molecule has 2 aromatic heterocycles. The first kappa shape index (κ1) is 15.6. The molecular weight excluding hydrogens is 312 g/mol. The second-order valence-corrected chi connectivity index (χ2v) is 6.35. The van der Waals surface area contributed by atoms with Crippen molar-refractivity contribution < 1.29 is 4.79 Å². The van der Waals surface area contributed by atoms with Crippen molar-refractivity contribution >= 4 is 5.91 Å². The fourth-order valence-corrected chi connectivity index (χ4v) is 3.18. The predicted octanol–water partition coefficient (Wildman–Crippen LogP) is 2.75. The second-order valence-electron chi connectivity index (χ2n) is 6.35. The number of aryl methyl sites for hydroxylation is 2. The normalized spacial score (nSPS) is 12.8. The van der Waals surface area contributed by atoms with Crippen LogP contribution in [0.2, 0.25) is 0 Å². The van der Waals surface area contributed by atoms with Crippen molar-refractivity contribution in [3.05, 3.63) is 71.9 Å². The van der Waals surface area contributed by atoms with E-state index in [0.717, 1.165) is 35.3 Å². The molecule has 1 aliphatic heterocycles. The Morgan fingerprint density at radius 3 is 2.88 bits per heavy atom. The lowest BCUT2D eigenvalue weighted by Gasteiger charge is -2.07. The lowest BCUT2D eigenvalue weighted by Crippen LogP contribution is -2.24. The third-order valence-corrected chi connectivity index (χ3v) is 4.49. The van der Waals surface area contributed by atoms with Gasteiger partial charge in [0.05, 0.1) is 12.1 Å². The van der Waals surface area contributed by atoms with Gasteiger partial charge >= 0.3 is 0 Å². The number of fused-ring (bicyclic) bond motifs is 1. The fourth-order valence-electron chi connectivity index (χ4n) is 3.18. The Labute approximate surface area is 146 Å². The summed E-state index contributed by atoms with van der Waals surface area (Å²) in [7, 11) is 0. The number of carbonyl (C=O) groups is 1. The van der Waals surface area contributed by atoms with E-state index in [0.29, 0.717) is 13.0 Å². The molecule has 0 spiro atoms. The highest BCUT2D eigenvalue weighted by atomic mass is 16.1. The van der Waals surface area contributed by atoms with Crippen LogP contribution < -0.4 is 5.32 Å². The summed E-state index contributed by atoms with van der Waals surface area (Å²) in [5.74, 6) is 1.18. The van der Waals surface area contributed by atoms with E-state index in [4.69, 9.17) is 4.98 Å². The minimum absolute atomic E-state index is 0.0116. The van der Waals surface area contributed by atoms with E-state index in [9.17, 15) is 4.79 Å². The first-order valence-corrected chi connectivity index (χ1v) is 8.59. The Bertz CT molecular complexity index is 864. The van der Waals surface area contributed by atoms with E-state index >= 15 is 0 Å². The number of aromatic nitrogens is 3. The monoisotopic (exact) mass is 332 g/mol. The highest BCUT2D eigenvalue weighted by molar-refractivity contribution is 5.78. The van der Waals surface area contributed by atoms with E-state index < -0.39 is 0 Å². The molecule has 1 N–H and O–H groups in total. The molecule has 1 aliphatic rings. The highest BCUT2D eigenvalue weighted by Crippen LogP contribution is 2.23. The molecule has 0 radical (unpaired) electrons. The number of rotatable bonds is 5. The zero-order chi connectivity index (χ0) is 17.1. The summed E-state index contributed by atoms with van der Waals surface area (Å²) in [5.41, 5.74) is 4.16. The molecule has 0 bridgehead atoms. The van der Waals surface area contributed by atoms with Crippen molar-refractivity contribution in [1.82, 2.24) is 19.9 Å². The molecule has 1 aromatic carbocycles. The Hall–Kier alpha value is -2.95. The van der Waals surface area contributed by atoms with Gasteiger partial charge in [0, 0.05) is 43.7 Å². The van der Waals surface area contributed by atoms with Crippen molar-refractivity contribution in [2.75, 3.05) is 0 Å². The van der Waals surface area contributed by atoms with Gasteiger partial charge in [0.1, 0.15) is 5.82 Å². The van der Waals surface area contributed by atoms with E-state index in [-0.39, 0.29) is 5.91 Å². The number of carbonyl (C=O) groups excluding carboxylic acids is 1. The number of amides is 1. The van der Waals surface area contributed by atoms with Crippen molar-refractivity contribution in [1.29, 1.82) is 0 Å². The molecular formula is C20H20N4O. The smallest absolute Gasteiger partial charge is 0.224 e. The van der Waals surface area contributed by atoms with Gasteiger partial charge in [0.25, 0.3) is 0 Å². The van der Waals surface area contributed by atoms with Crippen LogP contribution in [0.25, 0.3) is 11.3 Å². The zero-order valence-electron chi connectivity index (χ0n) is 14.0. The van der Waals surface area contributed by atoms with Gasteiger partial charge in [-0.15, -0.1) is 0 Å². The van der Waals surface area contributed by atoms with Gasteiger partial charge in [0.2, 0.25) is 5.91 Å². The number of hydrogen-bond donors (Lipinski definition) is 1. The van der Waals surface area contributed by atoms with E-state index in [1.54, 1.807) is 12.4 Å². The molecule has 4 rings (SSSR count). The standard InChI is InChI=1S/C20H20N4O/c25-20(12-15-6-8-21-9-7-15)22-13-16-3-1-4-17(11-16)18-14-24-10-2-5-19(24)23-18/h1,3-4,6-9,11,14H,2,5,10,12-13H2,(H,22,25). The Morgan fingerprint density at radius 2 is 2.04 bits per heavy atom. The van der Waals surface area contributed by atoms with Crippen LogP contribution in [0, 0.1) is 0 Å². The third kappa shape index (κ3) is 3.60. The topological polar surface area (TPSA) is 59.8 Å². The summed E-state index contributed by atoms with van der Waals surface area (Å²) >= 11 is 0. The molecule has 0 atom stereocenters. The summed E-state index contributed by atoms with van der Waals surface area (Å²) in [4.78, 5) is 20.8. The second kappa shape index (κ2) is 6.89. The van der Waals surface area contributed by atoms with Gasteiger partial charge in [-0.25, -0.2) is 4.98 Å². The molecule has 0 aliphatic carbocycles. The SMILES string of the molecule is O=C(Cc1ccncc1)NCc1cccc(-c2cn3c(n2)CCC3)c1.